The van der Waals surface area contributed by atoms with E-state index in [9.17, 15) is 14.0 Å². The van der Waals surface area contributed by atoms with Crippen molar-refractivity contribution in [3.8, 4) is 17.6 Å². The summed E-state index contributed by atoms with van der Waals surface area (Å²) in [5.41, 5.74) is 4.64. The molecule has 0 atom stereocenters. The van der Waals surface area contributed by atoms with Crippen LogP contribution in [0.1, 0.15) is 12.8 Å². The van der Waals surface area contributed by atoms with Gasteiger partial charge in [-0.2, -0.15) is 0 Å². The molecule has 0 spiro atoms. The van der Waals surface area contributed by atoms with Crippen LogP contribution in [0, 0.1) is 11.8 Å². The van der Waals surface area contributed by atoms with Gasteiger partial charge in [0.1, 0.15) is 11.3 Å². The number of hydrogen-bond acceptors (Lipinski definition) is 4. The number of alkyl halides is 1. The highest BCUT2D eigenvalue weighted by molar-refractivity contribution is 6.32. The van der Waals surface area contributed by atoms with E-state index in [2.05, 4.69) is 11.8 Å². The highest BCUT2D eigenvalue weighted by Crippen LogP contribution is 2.36. The number of halogens is 2. The van der Waals surface area contributed by atoms with Crippen molar-refractivity contribution in [1.82, 2.24) is 0 Å². The fourth-order valence-electron chi connectivity index (χ4n) is 2.81. The first-order valence-electron chi connectivity index (χ1n) is 7.56. The zero-order valence-electron chi connectivity index (χ0n) is 13.7. The molecule has 0 unspecified atom stereocenters. The van der Waals surface area contributed by atoms with Crippen molar-refractivity contribution in [3.05, 3.63) is 23.2 Å². The van der Waals surface area contributed by atoms with Crippen LogP contribution in [0.2, 0.25) is 5.02 Å². The molecule has 1 aromatic rings. The van der Waals surface area contributed by atoms with Gasteiger partial charge < -0.3 is 15.2 Å². The number of amides is 2. The Morgan fingerprint density at radius 1 is 1.44 bits per heavy atom. The van der Waals surface area contributed by atoms with Crippen LogP contribution in [-0.2, 0) is 14.3 Å². The molecule has 134 valence electrons. The molecule has 2 amide bonds. The smallest absolute Gasteiger partial charge is 0.303 e. The van der Waals surface area contributed by atoms with Crippen LogP contribution in [0.15, 0.2) is 18.2 Å². The van der Waals surface area contributed by atoms with Gasteiger partial charge in [-0.05, 0) is 24.1 Å². The maximum Gasteiger partial charge on any atom is 0.303 e. The molecule has 1 aliphatic rings. The van der Waals surface area contributed by atoms with Gasteiger partial charge in [0.2, 0.25) is 5.91 Å². The number of nitrogens with two attached hydrogens (primary N) is 1. The average Bonchev–Trinajstić information content (AvgIpc) is 2.61. The number of methoxy groups -OCH3 is 1. The summed E-state index contributed by atoms with van der Waals surface area (Å²) in [5, 5.41) is 0.253. The lowest BCUT2D eigenvalue weighted by molar-refractivity contribution is -0.130. The molecular weight excluding hydrogens is 351 g/mol. The van der Waals surface area contributed by atoms with Crippen molar-refractivity contribution in [2.45, 2.75) is 18.4 Å². The van der Waals surface area contributed by atoms with Gasteiger partial charge in [0, 0.05) is 31.7 Å². The Morgan fingerprint density at radius 2 is 2.12 bits per heavy atom. The summed E-state index contributed by atoms with van der Waals surface area (Å²) in [6.45, 7) is -0.462. The summed E-state index contributed by atoms with van der Waals surface area (Å²) < 4.78 is 22.8. The lowest BCUT2D eigenvalue weighted by Crippen LogP contribution is -2.62. The van der Waals surface area contributed by atoms with Gasteiger partial charge in [-0.15, -0.1) is 0 Å². The number of anilines is 1. The fourth-order valence-corrected chi connectivity index (χ4v) is 3.06. The molecule has 1 saturated heterocycles. The first-order valence-corrected chi connectivity index (χ1v) is 7.94. The van der Waals surface area contributed by atoms with E-state index in [-0.39, 0.29) is 31.1 Å². The molecule has 1 aliphatic heterocycles. The molecule has 25 heavy (non-hydrogen) atoms. The van der Waals surface area contributed by atoms with Crippen molar-refractivity contribution in [2.24, 2.45) is 5.73 Å². The van der Waals surface area contributed by atoms with E-state index < -0.39 is 24.0 Å². The summed E-state index contributed by atoms with van der Waals surface area (Å²) in [7, 11) is 1.46. The van der Waals surface area contributed by atoms with Gasteiger partial charge in [-0.3, -0.25) is 14.5 Å². The van der Waals surface area contributed by atoms with Crippen LogP contribution >= 0.6 is 11.6 Å². The molecular formula is C17H18ClFN2O4. The van der Waals surface area contributed by atoms with E-state index in [0.29, 0.717) is 11.4 Å². The van der Waals surface area contributed by atoms with Gasteiger partial charge in [-0.25, -0.2) is 4.39 Å². The van der Waals surface area contributed by atoms with Gasteiger partial charge in [0.15, 0.2) is 6.67 Å². The third kappa shape index (κ3) is 3.86. The second-order valence-electron chi connectivity index (χ2n) is 5.40. The third-order valence-corrected chi connectivity index (χ3v) is 4.36. The summed E-state index contributed by atoms with van der Waals surface area (Å²) >= 11 is 6.15. The SMILES string of the molecule is COc1ccc(N(C(=O)C#CCF)C2(C(N)=O)CCOCC2)cc1Cl. The lowest BCUT2D eigenvalue weighted by Gasteiger charge is -2.43. The van der Waals surface area contributed by atoms with Crippen molar-refractivity contribution in [3.63, 3.8) is 0 Å². The van der Waals surface area contributed by atoms with Gasteiger partial charge >= 0.3 is 5.91 Å². The number of benzene rings is 1. The first kappa shape index (κ1) is 19.0. The van der Waals surface area contributed by atoms with E-state index in [4.69, 9.17) is 26.8 Å². The Kier molecular flexibility index (Phi) is 6.23. The molecule has 2 N–H and O–H groups in total. The molecule has 0 aromatic heterocycles. The number of rotatable bonds is 4. The van der Waals surface area contributed by atoms with Gasteiger partial charge in [0.05, 0.1) is 12.1 Å². The summed E-state index contributed by atoms with van der Waals surface area (Å²) in [4.78, 5) is 26.1. The van der Waals surface area contributed by atoms with Crippen molar-refractivity contribution in [2.75, 3.05) is 31.9 Å². The molecule has 1 fully saturated rings. The maximum atomic E-state index is 12.6. The Bertz CT molecular complexity index is 723. The average molecular weight is 369 g/mol. The van der Waals surface area contributed by atoms with Crippen LogP contribution in [0.3, 0.4) is 0 Å². The molecule has 2 rings (SSSR count). The topological polar surface area (TPSA) is 81.9 Å². The predicted octanol–water partition coefficient (Wildman–Crippen LogP) is 1.69. The third-order valence-electron chi connectivity index (χ3n) is 4.07. The molecule has 6 nitrogen and oxygen atoms in total. The second-order valence-corrected chi connectivity index (χ2v) is 5.81. The molecule has 0 saturated carbocycles. The van der Waals surface area contributed by atoms with Crippen LogP contribution in [0.4, 0.5) is 10.1 Å². The van der Waals surface area contributed by atoms with Crippen molar-refractivity contribution in [1.29, 1.82) is 0 Å². The largest absolute Gasteiger partial charge is 0.495 e. The molecule has 1 aromatic carbocycles. The van der Waals surface area contributed by atoms with Crippen molar-refractivity contribution < 1.29 is 23.5 Å². The monoisotopic (exact) mass is 368 g/mol. The summed E-state index contributed by atoms with van der Waals surface area (Å²) in [6, 6.07) is 4.62. The highest BCUT2D eigenvalue weighted by atomic mass is 35.5. The standard InChI is InChI=1S/C17H18ClFN2O4/c1-24-14-5-4-12(11-13(14)18)21(15(22)3-2-8-19)17(16(20)23)6-9-25-10-7-17/h4-5,11H,6-10H2,1H3,(H2,20,23). The van der Waals surface area contributed by atoms with Crippen LogP contribution in [-0.4, -0.2) is 44.4 Å². The van der Waals surface area contributed by atoms with Gasteiger partial charge in [-0.1, -0.05) is 17.5 Å². The van der Waals surface area contributed by atoms with Crippen LogP contribution < -0.4 is 15.4 Å². The van der Waals surface area contributed by atoms with E-state index in [1.165, 1.54) is 18.1 Å². The minimum absolute atomic E-state index is 0.203. The minimum Gasteiger partial charge on any atom is -0.495 e. The first-order chi connectivity index (χ1) is 12.0. The van der Waals surface area contributed by atoms with Crippen molar-refractivity contribution >= 4 is 29.1 Å². The van der Waals surface area contributed by atoms with E-state index in [1.54, 1.807) is 12.1 Å². The maximum absolute atomic E-state index is 12.6. The van der Waals surface area contributed by atoms with E-state index in [0.717, 1.165) is 0 Å². The molecule has 0 aliphatic carbocycles. The number of nitrogens with zero attached hydrogens (tertiary/aromatic N) is 1. The number of primary amides is 1. The summed E-state index contributed by atoms with van der Waals surface area (Å²) in [5.74, 6) is 3.27. The van der Waals surface area contributed by atoms with Crippen LogP contribution in [0.25, 0.3) is 0 Å². The lowest BCUT2D eigenvalue weighted by atomic mass is 9.86. The molecule has 0 radical (unpaired) electrons. The summed E-state index contributed by atoms with van der Waals surface area (Å²) in [6.07, 6.45) is 0.407. The minimum atomic E-state index is -1.32. The quantitative estimate of drug-likeness (QED) is 0.820. The van der Waals surface area contributed by atoms with Crippen LogP contribution in [0.5, 0.6) is 5.75 Å². The number of carbonyl (C=O) groups excluding carboxylic acids is 2. The Balaban J connectivity index is 2.58. The Labute approximate surface area is 150 Å². The predicted molar refractivity (Wildman–Crippen MR) is 91.2 cm³/mol. The van der Waals surface area contributed by atoms with E-state index >= 15 is 0 Å². The normalized spacial score (nSPS) is 15.6. The molecule has 0 bridgehead atoms. The zero-order valence-corrected chi connectivity index (χ0v) is 14.4. The van der Waals surface area contributed by atoms with Gasteiger partial charge in [0.25, 0.3) is 0 Å². The molecule has 8 heteroatoms. The second kappa shape index (κ2) is 8.19. The Hall–Kier alpha value is -2.30. The number of hydrogen-bond donors (Lipinski definition) is 1. The fraction of sp³-hybridized carbons (Fsp3) is 0.412. The van der Waals surface area contributed by atoms with E-state index in [1.807, 2.05) is 0 Å². The highest BCUT2D eigenvalue weighted by Gasteiger charge is 2.47. The Morgan fingerprint density at radius 3 is 2.64 bits per heavy atom. The zero-order chi connectivity index (χ0) is 18.4. The number of ether oxygens (including phenoxy) is 2. The number of carbonyl (C=O) groups is 2. The molecule has 1 heterocycles.